The molecule has 0 aliphatic carbocycles. The number of carbonyl (C=O) groups is 2. The van der Waals surface area contributed by atoms with Crippen LogP contribution in [0.5, 0.6) is 0 Å². The van der Waals surface area contributed by atoms with Crippen LogP contribution in [-0.2, 0) is 9.59 Å². The molecular weight excluding hydrogens is 258 g/mol. The van der Waals surface area contributed by atoms with E-state index in [-0.39, 0.29) is 44.3 Å². The maximum absolute atomic E-state index is 9.67. The fourth-order valence-corrected chi connectivity index (χ4v) is 0.136. The fourth-order valence-electron chi connectivity index (χ4n) is 0.136. The Balaban J connectivity index is -0.0000000524. The first-order valence-corrected chi connectivity index (χ1v) is 3.91. The van der Waals surface area contributed by atoms with Gasteiger partial charge in [0.25, 0.3) is 0 Å². The first-order valence-electron chi connectivity index (χ1n) is 3.91. The zero-order chi connectivity index (χ0) is 14.4. The van der Waals surface area contributed by atoms with Gasteiger partial charge in [-0.25, -0.2) is 0 Å². The second kappa shape index (κ2) is 22.6. The quantitative estimate of drug-likeness (QED) is 0.311. The molecule has 11 heteroatoms. The number of aliphatic hydroxyl groups excluding tert-OH is 1. The van der Waals surface area contributed by atoms with E-state index < -0.39 is 19.5 Å². The van der Waals surface area contributed by atoms with Crippen molar-refractivity contribution in [2.45, 2.75) is 6.92 Å². The molecule has 0 bridgehead atoms. The Morgan fingerprint density at radius 1 is 1.16 bits per heavy atom. The van der Waals surface area contributed by atoms with E-state index in [1.54, 1.807) is 6.92 Å². The molecule has 0 radical (unpaired) electrons. The average Bonchev–Trinajstić information content (AvgIpc) is 2.14. The maximum atomic E-state index is 9.67. The van der Waals surface area contributed by atoms with Gasteiger partial charge < -0.3 is 24.9 Å². The summed E-state index contributed by atoms with van der Waals surface area (Å²) in [6.07, 6.45) is 0.769. The van der Waals surface area contributed by atoms with Crippen LogP contribution in [0.1, 0.15) is 6.92 Å². The predicted octanol–water partition coefficient (Wildman–Crippen LogP) is -7.51. The van der Waals surface area contributed by atoms with Crippen molar-refractivity contribution in [1.29, 1.82) is 0 Å². The standard InChI is InChI=1S/C4H4O4.C4H8O.BF3.2Li/c5-3(6)1-2-4(7)8;1-4(2)3-5;2-1(3)4;;/h1-2H,(H,5,6)(H,7,8);5H,1,3H2,2H3;;;/q;;;2*+1/p-2/b2-1-;;;;. The molecule has 1 N–H and O–H groups in total. The Bertz CT molecular complexity index is 258. The van der Waals surface area contributed by atoms with E-state index in [4.69, 9.17) is 5.11 Å². The summed E-state index contributed by atoms with van der Waals surface area (Å²) in [5.41, 5.74) is 0.810. The van der Waals surface area contributed by atoms with Crippen LogP contribution in [0.15, 0.2) is 24.3 Å². The topological polar surface area (TPSA) is 100 Å². The molecule has 0 saturated heterocycles. The molecule has 0 unspecified atom stereocenters. The van der Waals surface area contributed by atoms with E-state index in [0.717, 1.165) is 5.57 Å². The number of hydrogen-bond acceptors (Lipinski definition) is 5. The van der Waals surface area contributed by atoms with E-state index in [9.17, 15) is 32.7 Å². The summed E-state index contributed by atoms with van der Waals surface area (Å²) in [6, 6.07) is 0. The molecule has 0 aromatic heterocycles. The molecule has 98 valence electrons. The Labute approximate surface area is 133 Å². The van der Waals surface area contributed by atoms with Gasteiger partial charge in [-0.2, -0.15) is 0 Å². The average molecular weight is 268 g/mol. The minimum atomic E-state index is -3.67. The molecule has 0 aliphatic rings. The zero-order valence-corrected chi connectivity index (χ0v) is 10.9. The molecule has 19 heavy (non-hydrogen) atoms. The van der Waals surface area contributed by atoms with Gasteiger partial charge in [0.15, 0.2) is 0 Å². The summed E-state index contributed by atoms with van der Waals surface area (Å²) in [5, 5.41) is 26.9. The van der Waals surface area contributed by atoms with Crippen molar-refractivity contribution in [3.63, 3.8) is 0 Å². The van der Waals surface area contributed by atoms with Crippen molar-refractivity contribution < 1.29 is 75.6 Å². The number of carbonyl (C=O) groups excluding carboxylic acids is 2. The number of rotatable bonds is 3. The van der Waals surface area contributed by atoms with Gasteiger partial charge in [0.1, 0.15) is 0 Å². The van der Waals surface area contributed by atoms with Gasteiger partial charge in [-0.05, 0) is 19.1 Å². The molecule has 0 aromatic rings. The van der Waals surface area contributed by atoms with Crippen LogP contribution < -0.4 is 47.9 Å². The monoisotopic (exact) mass is 268 g/mol. The Morgan fingerprint density at radius 2 is 1.32 bits per heavy atom. The minimum absolute atomic E-state index is 0. The molecule has 0 aliphatic heterocycles. The molecule has 0 saturated carbocycles. The second-order valence-corrected chi connectivity index (χ2v) is 2.33. The van der Waals surface area contributed by atoms with E-state index in [1.165, 1.54) is 0 Å². The molecule has 0 atom stereocenters. The van der Waals surface area contributed by atoms with Crippen LogP contribution >= 0.6 is 0 Å². The summed E-state index contributed by atoms with van der Waals surface area (Å²) in [7, 11) is -3.67. The minimum Gasteiger partial charge on any atom is -0.545 e. The molecule has 5 nitrogen and oxygen atoms in total. The summed E-state index contributed by atoms with van der Waals surface area (Å²) < 4.78 is 29.0. The summed E-state index contributed by atoms with van der Waals surface area (Å²) in [6.45, 7) is 5.31. The smallest absolute Gasteiger partial charge is 0.545 e. The molecule has 0 heterocycles. The Hall–Kier alpha value is -0.570. The first kappa shape index (κ1) is 31.0. The van der Waals surface area contributed by atoms with Gasteiger partial charge in [-0.3, -0.25) is 12.9 Å². The van der Waals surface area contributed by atoms with Crippen molar-refractivity contribution in [3.8, 4) is 0 Å². The van der Waals surface area contributed by atoms with Gasteiger partial charge in [-0.15, -0.1) is 0 Å². The third-order valence-corrected chi connectivity index (χ3v) is 0.625. The number of aliphatic carboxylic acids is 2. The zero-order valence-electron chi connectivity index (χ0n) is 10.9. The van der Waals surface area contributed by atoms with E-state index in [1.807, 2.05) is 0 Å². The molecule has 0 rings (SSSR count). The Kier molecular flexibility index (Phi) is 36.9. The van der Waals surface area contributed by atoms with Crippen LogP contribution in [0.25, 0.3) is 0 Å². The van der Waals surface area contributed by atoms with Gasteiger partial charge in [0.05, 0.1) is 18.5 Å². The Morgan fingerprint density at radius 3 is 1.37 bits per heavy atom. The molecular formula is C8H10BF3Li2O5. The van der Waals surface area contributed by atoms with Gasteiger partial charge in [-0.1, -0.05) is 12.2 Å². The number of carboxylic acid groups (broad SMARTS) is 2. The van der Waals surface area contributed by atoms with E-state index >= 15 is 0 Å². The van der Waals surface area contributed by atoms with Crippen LogP contribution in [0.2, 0.25) is 0 Å². The van der Waals surface area contributed by atoms with E-state index in [2.05, 4.69) is 6.58 Å². The summed E-state index contributed by atoms with van der Waals surface area (Å²) in [5.74, 6) is -3.09. The van der Waals surface area contributed by atoms with Gasteiger partial charge in [0.2, 0.25) is 0 Å². The maximum Gasteiger partial charge on any atom is 1.00 e. The normalized spacial score (nSPS) is 7.42. The molecule has 0 amide bonds. The molecule has 0 spiro atoms. The van der Waals surface area contributed by atoms with Crippen molar-refractivity contribution >= 4 is 19.5 Å². The van der Waals surface area contributed by atoms with Crippen LogP contribution in [0, 0.1) is 0 Å². The largest absolute Gasteiger partial charge is 1.00 e. The van der Waals surface area contributed by atoms with Crippen LogP contribution in [0.4, 0.5) is 12.9 Å². The van der Waals surface area contributed by atoms with Crippen molar-refractivity contribution in [3.05, 3.63) is 24.3 Å². The second-order valence-electron chi connectivity index (χ2n) is 2.33. The number of carboxylic acids is 2. The number of halogens is 3. The van der Waals surface area contributed by atoms with Crippen molar-refractivity contribution in [2.75, 3.05) is 6.61 Å². The van der Waals surface area contributed by atoms with Gasteiger partial charge >= 0.3 is 45.3 Å². The van der Waals surface area contributed by atoms with Crippen LogP contribution in [-0.4, -0.2) is 31.2 Å². The number of hydrogen-bond donors (Lipinski definition) is 1. The third-order valence-electron chi connectivity index (χ3n) is 0.625. The number of aliphatic hydroxyl groups is 1. The third kappa shape index (κ3) is 100. The van der Waals surface area contributed by atoms with Crippen molar-refractivity contribution in [2.24, 2.45) is 0 Å². The van der Waals surface area contributed by atoms with E-state index in [0.29, 0.717) is 12.2 Å². The molecule has 0 aromatic carbocycles. The fraction of sp³-hybridized carbons (Fsp3) is 0.250. The SMILES string of the molecule is C=C(C)CO.FB(F)F.O=C([O-])/C=C\C(=O)[O-].[Li+].[Li+]. The molecule has 0 fully saturated rings. The first-order chi connectivity index (χ1) is 7.63. The van der Waals surface area contributed by atoms with Crippen LogP contribution in [0.3, 0.4) is 0 Å². The predicted molar refractivity (Wildman–Crippen MR) is 50.1 cm³/mol. The van der Waals surface area contributed by atoms with Crippen molar-refractivity contribution in [1.82, 2.24) is 0 Å². The summed E-state index contributed by atoms with van der Waals surface area (Å²) >= 11 is 0. The summed E-state index contributed by atoms with van der Waals surface area (Å²) in [4.78, 5) is 18.8. The van der Waals surface area contributed by atoms with Gasteiger partial charge in [0, 0.05) is 0 Å².